The number of hydrogen-bond donors (Lipinski definition) is 2. The Morgan fingerprint density at radius 1 is 1.13 bits per heavy atom. The lowest BCUT2D eigenvalue weighted by molar-refractivity contribution is 0.0897. The number of piperidine rings is 1. The fourth-order valence-electron chi connectivity index (χ4n) is 4.68. The van der Waals surface area contributed by atoms with Gasteiger partial charge in [-0.2, -0.15) is 0 Å². The van der Waals surface area contributed by atoms with Crippen LogP contribution in [0.15, 0.2) is 37.0 Å². The Kier molecular flexibility index (Phi) is 6.87. The molecule has 1 aliphatic heterocycles. The number of Topliss-reactive ketones (excluding diaryl/α,β-unsaturated/α-hetero) is 1. The number of methoxy groups -OCH3 is 2. The molecular formula is C24H31NO5. The second-order valence-electron chi connectivity index (χ2n) is 8.02. The zero-order chi connectivity index (χ0) is 21.8. The maximum atomic E-state index is 13.0. The van der Waals surface area contributed by atoms with Crippen molar-refractivity contribution in [2.75, 3.05) is 33.9 Å². The van der Waals surface area contributed by atoms with E-state index < -0.39 is 0 Å². The molecular weight excluding hydrogens is 382 g/mol. The topological polar surface area (TPSA) is 79.2 Å². The summed E-state index contributed by atoms with van der Waals surface area (Å²) in [4.78, 5) is 15.4. The van der Waals surface area contributed by atoms with Crippen molar-refractivity contribution >= 4 is 5.78 Å². The van der Waals surface area contributed by atoms with Gasteiger partial charge in [-0.3, -0.25) is 9.69 Å². The number of nitrogens with zero attached hydrogens (tertiary/aromatic N) is 1. The summed E-state index contributed by atoms with van der Waals surface area (Å²) in [5.41, 5.74) is 1.79. The fourth-order valence-corrected chi connectivity index (χ4v) is 4.68. The SMILES string of the molecule is C=C/C=C(\C=C)CN1CCC(CC2Cc3c(O)c(OC)c(OC)c(O)c3C2=O)CC1. The summed E-state index contributed by atoms with van der Waals surface area (Å²) in [7, 11) is 2.77. The molecule has 0 bridgehead atoms. The van der Waals surface area contributed by atoms with Gasteiger partial charge >= 0.3 is 0 Å². The molecule has 0 radical (unpaired) electrons. The molecule has 3 rings (SSSR count). The van der Waals surface area contributed by atoms with Crippen LogP contribution in [0.2, 0.25) is 0 Å². The highest BCUT2D eigenvalue weighted by Gasteiger charge is 2.40. The van der Waals surface area contributed by atoms with Crippen molar-refractivity contribution in [2.45, 2.75) is 25.7 Å². The Morgan fingerprint density at radius 3 is 2.33 bits per heavy atom. The quantitative estimate of drug-likeness (QED) is 0.498. The Morgan fingerprint density at radius 2 is 1.77 bits per heavy atom. The minimum absolute atomic E-state index is 0.00154. The number of ketones is 1. The molecule has 1 aromatic rings. The van der Waals surface area contributed by atoms with E-state index in [0.29, 0.717) is 17.9 Å². The van der Waals surface area contributed by atoms with Crippen molar-refractivity contribution in [2.24, 2.45) is 11.8 Å². The first-order chi connectivity index (χ1) is 14.4. The van der Waals surface area contributed by atoms with Crippen LogP contribution in [0.25, 0.3) is 0 Å². The van der Waals surface area contributed by atoms with Gasteiger partial charge in [0.2, 0.25) is 11.5 Å². The predicted molar refractivity (Wildman–Crippen MR) is 117 cm³/mol. The summed E-state index contributed by atoms with van der Waals surface area (Å²) >= 11 is 0. The Balaban J connectivity index is 1.67. The molecule has 0 aromatic heterocycles. The number of benzene rings is 1. The molecule has 6 heteroatoms. The van der Waals surface area contributed by atoms with E-state index in [1.54, 1.807) is 6.08 Å². The normalized spacial score (nSPS) is 20.1. The van der Waals surface area contributed by atoms with Crippen molar-refractivity contribution in [1.82, 2.24) is 4.90 Å². The summed E-state index contributed by atoms with van der Waals surface area (Å²) in [5.74, 6) is -0.205. The molecule has 1 fully saturated rings. The Labute approximate surface area is 178 Å². The molecule has 162 valence electrons. The molecule has 30 heavy (non-hydrogen) atoms. The van der Waals surface area contributed by atoms with Crippen molar-refractivity contribution in [1.29, 1.82) is 0 Å². The summed E-state index contributed by atoms with van der Waals surface area (Å²) in [5, 5.41) is 21.1. The highest BCUT2D eigenvalue weighted by atomic mass is 16.5. The largest absolute Gasteiger partial charge is 0.504 e. The summed E-state index contributed by atoms with van der Waals surface area (Å²) in [6.07, 6.45) is 8.83. The monoisotopic (exact) mass is 413 g/mol. The maximum absolute atomic E-state index is 13.0. The molecule has 1 saturated heterocycles. The molecule has 0 spiro atoms. The van der Waals surface area contributed by atoms with Gasteiger partial charge in [0, 0.05) is 18.0 Å². The number of hydrogen-bond acceptors (Lipinski definition) is 6. The number of likely N-dealkylation sites (tertiary alicyclic amines) is 1. The van der Waals surface area contributed by atoms with Crippen LogP contribution < -0.4 is 9.47 Å². The molecule has 1 aromatic carbocycles. The van der Waals surface area contributed by atoms with Gasteiger partial charge in [-0.05, 0) is 50.3 Å². The first kappa shape index (κ1) is 22.0. The number of aromatic hydroxyl groups is 2. The number of ether oxygens (including phenoxy) is 2. The lowest BCUT2D eigenvalue weighted by Gasteiger charge is -2.33. The zero-order valence-electron chi connectivity index (χ0n) is 17.8. The van der Waals surface area contributed by atoms with Gasteiger partial charge in [0.05, 0.1) is 19.8 Å². The lowest BCUT2D eigenvalue weighted by Crippen LogP contribution is -2.35. The number of allylic oxidation sites excluding steroid dienone is 2. The highest BCUT2D eigenvalue weighted by Crippen LogP contribution is 2.52. The third-order valence-electron chi connectivity index (χ3n) is 6.26. The number of phenols is 2. The van der Waals surface area contributed by atoms with Crippen molar-refractivity contribution < 1.29 is 24.5 Å². The van der Waals surface area contributed by atoms with Crippen LogP contribution in [-0.2, 0) is 6.42 Å². The fraction of sp³-hybridized carbons (Fsp3) is 0.458. The second kappa shape index (κ2) is 9.39. The average Bonchev–Trinajstić information content (AvgIpc) is 3.08. The van der Waals surface area contributed by atoms with Gasteiger partial charge in [-0.25, -0.2) is 0 Å². The number of carbonyl (C=O) groups is 1. The molecule has 2 N–H and O–H groups in total. The molecule has 6 nitrogen and oxygen atoms in total. The predicted octanol–water partition coefficient (Wildman–Crippen LogP) is 3.87. The van der Waals surface area contributed by atoms with E-state index in [4.69, 9.17) is 9.47 Å². The van der Waals surface area contributed by atoms with Crippen LogP contribution in [0, 0.1) is 11.8 Å². The van der Waals surface area contributed by atoms with E-state index in [2.05, 4.69) is 18.1 Å². The van der Waals surface area contributed by atoms with Crippen LogP contribution in [0.4, 0.5) is 0 Å². The molecule has 2 aliphatic rings. The molecule has 1 heterocycles. The summed E-state index contributed by atoms with van der Waals surface area (Å²) in [6, 6.07) is 0. The van der Waals surface area contributed by atoms with Gasteiger partial charge in [0.25, 0.3) is 0 Å². The third-order valence-corrected chi connectivity index (χ3v) is 6.26. The van der Waals surface area contributed by atoms with E-state index in [-0.39, 0.29) is 40.3 Å². The smallest absolute Gasteiger partial charge is 0.207 e. The average molecular weight is 414 g/mol. The highest BCUT2D eigenvalue weighted by molar-refractivity contribution is 6.06. The first-order valence-electron chi connectivity index (χ1n) is 10.3. The van der Waals surface area contributed by atoms with Crippen LogP contribution in [-0.4, -0.2) is 54.8 Å². The Bertz CT molecular complexity index is 865. The van der Waals surface area contributed by atoms with Crippen LogP contribution in [0.3, 0.4) is 0 Å². The van der Waals surface area contributed by atoms with Crippen LogP contribution in [0.1, 0.15) is 35.2 Å². The molecule has 1 atom stereocenters. The second-order valence-corrected chi connectivity index (χ2v) is 8.02. The Hall–Kier alpha value is -2.73. The number of carbonyl (C=O) groups excluding carboxylic acids is 1. The van der Waals surface area contributed by atoms with Crippen LogP contribution >= 0.6 is 0 Å². The van der Waals surface area contributed by atoms with E-state index in [1.165, 1.54) is 14.2 Å². The summed E-state index contributed by atoms with van der Waals surface area (Å²) < 4.78 is 10.4. The van der Waals surface area contributed by atoms with Crippen molar-refractivity contribution in [3.63, 3.8) is 0 Å². The molecule has 1 aliphatic carbocycles. The number of phenolic OH excluding ortho intramolecular Hbond substituents is 2. The number of fused-ring (bicyclic) bond motifs is 1. The molecule has 0 amide bonds. The molecule has 0 saturated carbocycles. The van der Waals surface area contributed by atoms with Gasteiger partial charge < -0.3 is 19.7 Å². The molecule has 1 unspecified atom stereocenters. The maximum Gasteiger partial charge on any atom is 0.207 e. The van der Waals surface area contributed by atoms with E-state index in [1.807, 2.05) is 12.2 Å². The number of rotatable bonds is 8. The minimum atomic E-state index is -0.241. The van der Waals surface area contributed by atoms with Crippen LogP contribution in [0.5, 0.6) is 23.0 Å². The standard InChI is InChI=1S/C24H31NO5/c1-5-7-15(6-2)14-25-10-8-16(9-11-25)12-17-13-18-19(20(17)26)22(28)24(30-4)23(29-3)21(18)27/h5-7,16-17,27-28H,1-2,8-14H2,3-4H3/b15-7+. The van der Waals surface area contributed by atoms with Gasteiger partial charge in [0.1, 0.15) is 0 Å². The van der Waals surface area contributed by atoms with Gasteiger partial charge in [-0.1, -0.05) is 31.4 Å². The summed E-state index contributed by atoms with van der Waals surface area (Å²) in [6.45, 7) is 10.4. The van der Waals surface area contributed by atoms with E-state index >= 15 is 0 Å². The van der Waals surface area contributed by atoms with E-state index in [9.17, 15) is 15.0 Å². The third kappa shape index (κ3) is 4.10. The van der Waals surface area contributed by atoms with Crippen molar-refractivity contribution in [3.05, 3.63) is 48.1 Å². The lowest BCUT2D eigenvalue weighted by atomic mass is 9.85. The van der Waals surface area contributed by atoms with Gasteiger partial charge in [0.15, 0.2) is 17.3 Å². The van der Waals surface area contributed by atoms with Gasteiger partial charge in [-0.15, -0.1) is 0 Å². The zero-order valence-corrected chi connectivity index (χ0v) is 17.8. The van der Waals surface area contributed by atoms with E-state index in [0.717, 1.165) is 44.5 Å². The first-order valence-corrected chi connectivity index (χ1v) is 10.3. The van der Waals surface area contributed by atoms with Crippen molar-refractivity contribution in [3.8, 4) is 23.0 Å². The minimum Gasteiger partial charge on any atom is -0.504 e.